The van der Waals surface area contributed by atoms with Crippen LogP contribution in [0.3, 0.4) is 0 Å². The van der Waals surface area contributed by atoms with Crippen molar-refractivity contribution in [3.63, 3.8) is 0 Å². The molecule has 2 rings (SSSR count). The molecule has 0 spiro atoms. The Labute approximate surface area is 114 Å². The highest BCUT2D eigenvalue weighted by molar-refractivity contribution is 5.86. The highest BCUT2D eigenvalue weighted by atomic mass is 19.4. The van der Waals surface area contributed by atoms with Gasteiger partial charge in [0.15, 0.2) is 23.3 Å². The molecule has 8 heteroatoms. The molecule has 1 aliphatic rings. The molecule has 21 heavy (non-hydrogen) atoms. The lowest BCUT2D eigenvalue weighted by Gasteiger charge is -2.23. The number of Topliss-reactive ketones (excluding diaryl/α,β-unsaturated/α-hetero) is 1. The molecule has 0 heterocycles. The van der Waals surface area contributed by atoms with Crippen molar-refractivity contribution >= 4 is 5.78 Å². The molecular weight excluding hydrogens is 305 g/mol. The Hall–Kier alpha value is -1.60. The van der Waals surface area contributed by atoms with Gasteiger partial charge in [0, 0.05) is 17.9 Å². The lowest BCUT2D eigenvalue weighted by atomic mass is 9.82. The van der Waals surface area contributed by atoms with Crippen LogP contribution in [0.1, 0.15) is 42.7 Å². The Kier molecular flexibility index (Phi) is 3.99. The van der Waals surface area contributed by atoms with Gasteiger partial charge in [0.1, 0.15) is 11.3 Å². The smallest absolute Gasteiger partial charge is 0.299 e. The summed E-state index contributed by atoms with van der Waals surface area (Å²) in [7, 11) is 0. The third kappa shape index (κ3) is 2.63. The average molecular weight is 314 g/mol. The first-order chi connectivity index (χ1) is 9.66. The number of rotatable bonds is 1. The van der Waals surface area contributed by atoms with Crippen molar-refractivity contribution in [1.82, 2.24) is 0 Å². The van der Waals surface area contributed by atoms with Crippen LogP contribution in [0.5, 0.6) is 0 Å². The highest BCUT2D eigenvalue weighted by Crippen LogP contribution is 2.41. The van der Waals surface area contributed by atoms with Crippen LogP contribution in [0.15, 0.2) is 0 Å². The Bertz CT molecular complexity index is 562. The van der Waals surface area contributed by atoms with Crippen molar-refractivity contribution in [3.8, 4) is 0 Å². The lowest BCUT2D eigenvalue weighted by molar-refractivity contribution is -0.143. The van der Waals surface area contributed by atoms with E-state index in [4.69, 9.17) is 0 Å². The molecule has 1 nitrogen and oxygen atoms in total. The van der Waals surface area contributed by atoms with E-state index in [1.807, 2.05) is 0 Å². The predicted molar refractivity (Wildman–Crippen MR) is 57.5 cm³/mol. The second-order valence-electron chi connectivity index (χ2n) is 4.81. The Balaban J connectivity index is 2.67. The Morgan fingerprint density at radius 2 is 1.38 bits per heavy atom. The van der Waals surface area contributed by atoms with Crippen LogP contribution >= 0.6 is 0 Å². The first kappa shape index (κ1) is 15.8. The van der Waals surface area contributed by atoms with Gasteiger partial charge in [-0.25, -0.2) is 17.6 Å². The summed E-state index contributed by atoms with van der Waals surface area (Å²) >= 11 is 0. The quantitative estimate of drug-likeness (QED) is 0.551. The van der Waals surface area contributed by atoms with Crippen LogP contribution in [-0.4, -0.2) is 5.78 Å². The first-order valence-electron chi connectivity index (χ1n) is 6.12. The van der Waals surface area contributed by atoms with E-state index < -0.39 is 52.3 Å². The SMILES string of the molecule is O=C1CCCCC1c1c(F)c(F)c(C(F)(F)F)c(F)c1F. The number of benzene rings is 1. The molecule has 1 aromatic carbocycles. The standard InChI is InChI=1S/C13H9F7O/c14-9-7(5-3-1-2-4-6(5)21)10(15)12(17)8(11(9)16)13(18,19)20/h5H,1-4H2. The van der Waals surface area contributed by atoms with Crippen LogP contribution < -0.4 is 0 Å². The minimum atomic E-state index is -5.58. The molecule has 1 atom stereocenters. The molecule has 116 valence electrons. The summed E-state index contributed by atoms with van der Waals surface area (Å²) in [6.45, 7) is 0. The van der Waals surface area contributed by atoms with Crippen LogP contribution in [-0.2, 0) is 11.0 Å². The molecule has 1 fully saturated rings. The van der Waals surface area contributed by atoms with Gasteiger partial charge in [-0.1, -0.05) is 6.42 Å². The minimum absolute atomic E-state index is 0.0339. The van der Waals surface area contributed by atoms with E-state index in [0.29, 0.717) is 12.8 Å². The Morgan fingerprint density at radius 1 is 0.857 bits per heavy atom. The fraction of sp³-hybridized carbons (Fsp3) is 0.462. The molecule has 1 aromatic rings. The zero-order chi connectivity index (χ0) is 15.9. The van der Waals surface area contributed by atoms with Crippen LogP contribution in [0.2, 0.25) is 0 Å². The van der Waals surface area contributed by atoms with E-state index in [9.17, 15) is 35.5 Å². The first-order valence-corrected chi connectivity index (χ1v) is 6.12. The number of carbonyl (C=O) groups excluding carboxylic acids is 1. The maximum absolute atomic E-state index is 13.8. The van der Waals surface area contributed by atoms with E-state index in [-0.39, 0.29) is 12.8 Å². The fourth-order valence-electron chi connectivity index (χ4n) is 2.49. The van der Waals surface area contributed by atoms with Crippen molar-refractivity contribution in [2.45, 2.75) is 37.8 Å². The summed E-state index contributed by atoms with van der Waals surface area (Å²) in [6.07, 6.45) is -4.82. The summed E-state index contributed by atoms with van der Waals surface area (Å²) in [5.41, 5.74) is -3.87. The van der Waals surface area contributed by atoms with Gasteiger partial charge in [-0.05, 0) is 12.8 Å². The van der Waals surface area contributed by atoms with Crippen molar-refractivity contribution in [3.05, 3.63) is 34.4 Å². The molecule has 1 saturated carbocycles. The van der Waals surface area contributed by atoms with Gasteiger partial charge in [0.05, 0.1) is 0 Å². The molecule has 0 saturated heterocycles. The number of hydrogen-bond acceptors (Lipinski definition) is 1. The van der Waals surface area contributed by atoms with Gasteiger partial charge in [-0.2, -0.15) is 13.2 Å². The van der Waals surface area contributed by atoms with E-state index >= 15 is 0 Å². The summed E-state index contributed by atoms with van der Waals surface area (Å²) in [6, 6.07) is 0. The van der Waals surface area contributed by atoms with Crippen LogP contribution in [0.4, 0.5) is 30.7 Å². The lowest BCUT2D eigenvalue weighted by Crippen LogP contribution is -2.23. The Morgan fingerprint density at radius 3 is 1.81 bits per heavy atom. The second kappa shape index (κ2) is 5.31. The molecular formula is C13H9F7O. The highest BCUT2D eigenvalue weighted by Gasteiger charge is 2.44. The van der Waals surface area contributed by atoms with E-state index in [1.54, 1.807) is 0 Å². The summed E-state index contributed by atoms with van der Waals surface area (Å²) in [5, 5.41) is 0. The molecule has 0 radical (unpaired) electrons. The number of ketones is 1. The number of carbonyl (C=O) groups is 1. The van der Waals surface area contributed by atoms with E-state index in [1.165, 1.54) is 0 Å². The molecule has 0 amide bonds. The molecule has 0 aromatic heterocycles. The van der Waals surface area contributed by atoms with E-state index in [2.05, 4.69) is 0 Å². The summed E-state index contributed by atoms with van der Waals surface area (Å²) in [4.78, 5) is 11.6. The summed E-state index contributed by atoms with van der Waals surface area (Å²) < 4.78 is 91.8. The predicted octanol–water partition coefficient (Wildman–Crippen LogP) is 4.49. The van der Waals surface area contributed by atoms with Crippen LogP contribution in [0.25, 0.3) is 0 Å². The van der Waals surface area contributed by atoms with Gasteiger partial charge in [0.2, 0.25) is 0 Å². The number of halogens is 7. The molecule has 1 aliphatic carbocycles. The largest absolute Gasteiger partial charge is 0.422 e. The van der Waals surface area contributed by atoms with Gasteiger partial charge in [-0.3, -0.25) is 4.79 Å². The van der Waals surface area contributed by atoms with Crippen molar-refractivity contribution in [1.29, 1.82) is 0 Å². The zero-order valence-corrected chi connectivity index (χ0v) is 10.5. The van der Waals surface area contributed by atoms with Gasteiger partial charge in [0.25, 0.3) is 0 Å². The topological polar surface area (TPSA) is 17.1 Å². The van der Waals surface area contributed by atoms with Crippen molar-refractivity contribution in [2.24, 2.45) is 0 Å². The molecule has 1 unspecified atom stereocenters. The van der Waals surface area contributed by atoms with E-state index in [0.717, 1.165) is 0 Å². The second-order valence-corrected chi connectivity index (χ2v) is 4.81. The molecule has 0 N–H and O–H groups in total. The van der Waals surface area contributed by atoms with Crippen LogP contribution in [0, 0.1) is 23.3 Å². The third-order valence-corrected chi connectivity index (χ3v) is 3.48. The monoisotopic (exact) mass is 314 g/mol. The van der Waals surface area contributed by atoms with Crippen molar-refractivity contribution < 1.29 is 35.5 Å². The molecule has 0 bridgehead atoms. The maximum atomic E-state index is 13.8. The number of hydrogen-bond donors (Lipinski definition) is 0. The number of alkyl halides is 3. The van der Waals surface area contributed by atoms with Gasteiger partial charge < -0.3 is 0 Å². The normalized spacial score (nSPS) is 20.0. The summed E-state index contributed by atoms with van der Waals surface area (Å²) in [5.74, 6) is -11.4. The average Bonchev–Trinajstić information content (AvgIpc) is 2.37. The zero-order valence-electron chi connectivity index (χ0n) is 10.5. The third-order valence-electron chi connectivity index (χ3n) is 3.48. The fourth-order valence-corrected chi connectivity index (χ4v) is 2.49. The maximum Gasteiger partial charge on any atom is 0.422 e. The van der Waals surface area contributed by atoms with Gasteiger partial charge >= 0.3 is 6.18 Å². The van der Waals surface area contributed by atoms with Crippen molar-refractivity contribution in [2.75, 3.05) is 0 Å². The van der Waals surface area contributed by atoms with Gasteiger partial charge in [-0.15, -0.1) is 0 Å². The molecule has 0 aliphatic heterocycles. The minimum Gasteiger partial charge on any atom is -0.299 e.